The summed E-state index contributed by atoms with van der Waals surface area (Å²) in [6, 6.07) is 8.99. The minimum Gasteiger partial charge on any atom is -0.497 e. The van der Waals surface area contributed by atoms with E-state index in [9.17, 15) is 22.8 Å². The van der Waals surface area contributed by atoms with Crippen LogP contribution >= 0.6 is 0 Å². The Kier molecular flexibility index (Phi) is 5.86. The molecule has 30 heavy (non-hydrogen) atoms. The molecule has 0 fully saturated rings. The maximum Gasteiger partial charge on any atom is 0.513 e. The van der Waals surface area contributed by atoms with Gasteiger partial charge in [-0.25, -0.2) is 4.79 Å². The zero-order valence-corrected chi connectivity index (χ0v) is 15.7. The van der Waals surface area contributed by atoms with E-state index in [0.717, 1.165) is 12.1 Å². The molecule has 0 aliphatic rings. The van der Waals surface area contributed by atoms with Crippen molar-refractivity contribution in [3.63, 3.8) is 0 Å². The molecule has 0 amide bonds. The van der Waals surface area contributed by atoms with Gasteiger partial charge in [-0.05, 0) is 43.3 Å². The number of halogens is 3. The number of carbonyl (C=O) groups is 1. The van der Waals surface area contributed by atoms with Crippen molar-refractivity contribution in [1.82, 2.24) is 0 Å². The van der Waals surface area contributed by atoms with Crippen LogP contribution in [-0.4, -0.2) is 19.9 Å². The second kappa shape index (κ2) is 8.36. The molecular formula is C20H15F3O7. The van der Waals surface area contributed by atoms with Crippen molar-refractivity contribution in [2.24, 2.45) is 0 Å². The van der Waals surface area contributed by atoms with Crippen LogP contribution in [0.5, 0.6) is 23.0 Å². The molecule has 0 aliphatic carbocycles. The lowest BCUT2D eigenvalue weighted by Gasteiger charge is -2.13. The standard InChI is InChI=1S/C20H15F3O7/c1-3-27-19(25)29-13-8-9-14-15(10-13)30-18(20(21,22)23)17(16(14)24)28-12-6-4-11(26-2)5-7-12/h4-10H,3H2,1-2H3. The minimum atomic E-state index is -5.02. The lowest BCUT2D eigenvalue weighted by Crippen LogP contribution is -2.15. The van der Waals surface area contributed by atoms with E-state index in [0.29, 0.717) is 5.75 Å². The molecule has 3 aromatic rings. The largest absolute Gasteiger partial charge is 0.513 e. The van der Waals surface area contributed by atoms with Gasteiger partial charge >= 0.3 is 12.3 Å². The zero-order chi connectivity index (χ0) is 21.9. The average molecular weight is 424 g/mol. The van der Waals surface area contributed by atoms with Crippen molar-refractivity contribution >= 4 is 17.1 Å². The number of hydrogen-bond donors (Lipinski definition) is 0. The van der Waals surface area contributed by atoms with Crippen molar-refractivity contribution < 1.29 is 41.3 Å². The van der Waals surface area contributed by atoms with Crippen molar-refractivity contribution in [2.45, 2.75) is 13.1 Å². The fraction of sp³-hybridized carbons (Fsp3) is 0.200. The first-order valence-corrected chi connectivity index (χ1v) is 8.57. The number of rotatable bonds is 5. The number of ether oxygens (including phenoxy) is 4. The summed E-state index contributed by atoms with van der Waals surface area (Å²) in [5.74, 6) is -2.35. The van der Waals surface area contributed by atoms with E-state index >= 15 is 0 Å². The number of methoxy groups -OCH3 is 1. The summed E-state index contributed by atoms with van der Waals surface area (Å²) in [6.07, 6.45) is -6.07. The van der Waals surface area contributed by atoms with Crippen LogP contribution in [0.1, 0.15) is 12.7 Å². The second-order valence-corrected chi connectivity index (χ2v) is 5.81. The van der Waals surface area contributed by atoms with Crippen molar-refractivity contribution in [3.8, 4) is 23.0 Å². The van der Waals surface area contributed by atoms with Gasteiger partial charge in [0.1, 0.15) is 22.8 Å². The summed E-state index contributed by atoms with van der Waals surface area (Å²) < 4.78 is 65.2. The maximum atomic E-state index is 13.6. The van der Waals surface area contributed by atoms with Crippen molar-refractivity contribution in [1.29, 1.82) is 0 Å². The van der Waals surface area contributed by atoms with E-state index in [1.165, 1.54) is 37.4 Å². The Morgan fingerprint density at radius 1 is 1.03 bits per heavy atom. The van der Waals surface area contributed by atoms with Crippen molar-refractivity contribution in [3.05, 3.63) is 58.4 Å². The van der Waals surface area contributed by atoms with Gasteiger partial charge in [0.05, 0.1) is 19.1 Å². The van der Waals surface area contributed by atoms with Crippen molar-refractivity contribution in [2.75, 3.05) is 13.7 Å². The van der Waals surface area contributed by atoms with Crippen LogP contribution in [0, 0.1) is 0 Å². The molecule has 1 aromatic heterocycles. The summed E-state index contributed by atoms with van der Waals surface area (Å²) in [4.78, 5) is 24.1. The molecule has 7 nitrogen and oxygen atoms in total. The number of fused-ring (bicyclic) bond motifs is 1. The third kappa shape index (κ3) is 4.48. The molecule has 0 bridgehead atoms. The summed E-state index contributed by atoms with van der Waals surface area (Å²) in [5.41, 5.74) is -1.47. The smallest absolute Gasteiger partial charge is 0.497 e. The van der Waals surface area contributed by atoms with E-state index in [-0.39, 0.29) is 23.5 Å². The van der Waals surface area contributed by atoms with Crippen LogP contribution in [-0.2, 0) is 10.9 Å². The Hall–Kier alpha value is -3.69. The molecule has 3 rings (SSSR count). The van der Waals surface area contributed by atoms with Gasteiger partial charge in [0.2, 0.25) is 11.2 Å². The van der Waals surface area contributed by atoms with Gasteiger partial charge in [-0.3, -0.25) is 4.79 Å². The molecule has 0 aliphatic heterocycles. The van der Waals surface area contributed by atoms with Gasteiger partial charge in [0, 0.05) is 6.07 Å². The molecule has 0 saturated heterocycles. The summed E-state index contributed by atoms with van der Waals surface area (Å²) in [6.45, 7) is 1.60. The average Bonchev–Trinajstić information content (AvgIpc) is 2.69. The third-order valence-corrected chi connectivity index (χ3v) is 3.82. The predicted molar refractivity (Wildman–Crippen MR) is 98.2 cm³/mol. The number of alkyl halides is 3. The second-order valence-electron chi connectivity index (χ2n) is 5.81. The minimum absolute atomic E-state index is 0.0183. The molecule has 0 saturated carbocycles. The first-order chi connectivity index (χ1) is 14.2. The Morgan fingerprint density at radius 2 is 1.67 bits per heavy atom. The highest BCUT2D eigenvalue weighted by Gasteiger charge is 2.40. The van der Waals surface area contributed by atoms with Crippen LogP contribution in [0.3, 0.4) is 0 Å². The molecule has 0 unspecified atom stereocenters. The quantitative estimate of drug-likeness (QED) is 0.414. The van der Waals surface area contributed by atoms with Gasteiger partial charge in [-0.2, -0.15) is 13.2 Å². The Balaban J connectivity index is 2.08. The fourth-order valence-electron chi connectivity index (χ4n) is 2.50. The monoisotopic (exact) mass is 424 g/mol. The molecule has 0 atom stereocenters. The van der Waals surface area contributed by atoms with Gasteiger partial charge < -0.3 is 23.4 Å². The SMILES string of the molecule is CCOC(=O)Oc1ccc2c(=O)c(Oc3ccc(OC)cc3)c(C(F)(F)F)oc2c1. The zero-order valence-electron chi connectivity index (χ0n) is 15.7. The third-order valence-electron chi connectivity index (χ3n) is 3.82. The molecular weight excluding hydrogens is 409 g/mol. The molecule has 1 heterocycles. The van der Waals surface area contributed by atoms with Crippen LogP contribution in [0.2, 0.25) is 0 Å². The highest BCUT2D eigenvalue weighted by molar-refractivity contribution is 5.80. The molecule has 0 N–H and O–H groups in total. The summed E-state index contributed by atoms with van der Waals surface area (Å²) in [5, 5.41) is -0.192. The van der Waals surface area contributed by atoms with Crippen LogP contribution in [0.15, 0.2) is 51.7 Å². The molecule has 10 heteroatoms. The fourth-order valence-corrected chi connectivity index (χ4v) is 2.50. The summed E-state index contributed by atoms with van der Waals surface area (Å²) in [7, 11) is 1.43. The Bertz CT molecular complexity index is 1120. The number of hydrogen-bond acceptors (Lipinski definition) is 7. The highest BCUT2D eigenvalue weighted by Crippen LogP contribution is 2.38. The van der Waals surface area contributed by atoms with E-state index in [1.807, 2.05) is 0 Å². The Morgan fingerprint density at radius 3 is 2.27 bits per heavy atom. The molecule has 0 spiro atoms. The first-order valence-electron chi connectivity index (χ1n) is 8.57. The van der Waals surface area contributed by atoms with Crippen LogP contribution in [0.4, 0.5) is 18.0 Å². The predicted octanol–water partition coefficient (Wildman–Crippen LogP) is 5.15. The van der Waals surface area contributed by atoms with E-state index in [1.54, 1.807) is 6.92 Å². The van der Waals surface area contributed by atoms with Gasteiger partial charge in [0.15, 0.2) is 0 Å². The molecule has 158 valence electrons. The van der Waals surface area contributed by atoms with Gasteiger partial charge in [-0.1, -0.05) is 0 Å². The molecule has 0 radical (unpaired) electrons. The van der Waals surface area contributed by atoms with Crippen LogP contribution < -0.4 is 19.6 Å². The first kappa shape index (κ1) is 21.0. The maximum absolute atomic E-state index is 13.6. The van der Waals surface area contributed by atoms with Gasteiger partial charge in [-0.15, -0.1) is 0 Å². The van der Waals surface area contributed by atoms with E-state index in [2.05, 4.69) is 4.74 Å². The number of carbonyl (C=O) groups excluding carboxylic acids is 1. The van der Waals surface area contributed by atoms with Gasteiger partial charge in [0.25, 0.3) is 5.76 Å². The van der Waals surface area contributed by atoms with Crippen LogP contribution in [0.25, 0.3) is 11.0 Å². The number of benzene rings is 2. The topological polar surface area (TPSA) is 84.2 Å². The lowest BCUT2D eigenvalue weighted by molar-refractivity contribution is -0.154. The Labute approximate surface area is 167 Å². The normalized spacial score (nSPS) is 11.2. The molecule has 2 aromatic carbocycles. The summed E-state index contributed by atoms with van der Waals surface area (Å²) >= 11 is 0. The van der Waals surface area contributed by atoms with E-state index in [4.69, 9.17) is 18.6 Å². The highest BCUT2D eigenvalue weighted by atomic mass is 19.4. The van der Waals surface area contributed by atoms with E-state index < -0.39 is 34.9 Å². The lowest BCUT2D eigenvalue weighted by atomic mass is 10.2.